The Hall–Kier alpha value is -1.61. The number of benzene rings is 2. The van der Waals surface area contributed by atoms with E-state index in [-0.39, 0.29) is 0 Å². The fourth-order valence-electron chi connectivity index (χ4n) is 1.92. The van der Waals surface area contributed by atoms with E-state index in [1.165, 1.54) is 5.56 Å². The number of rotatable bonds is 4. The van der Waals surface area contributed by atoms with Crippen molar-refractivity contribution >= 4 is 12.6 Å². The number of ether oxygens (including phenoxy) is 2. The second-order valence-electron chi connectivity index (χ2n) is 4.49. The molecule has 0 radical (unpaired) electrons. The lowest BCUT2D eigenvalue weighted by atomic mass is 10.1. The van der Waals surface area contributed by atoms with E-state index in [9.17, 15) is 0 Å². The maximum absolute atomic E-state index is 5.84. The summed E-state index contributed by atoms with van der Waals surface area (Å²) in [6.45, 7) is 4.58. The summed E-state index contributed by atoms with van der Waals surface area (Å²) < 4.78 is 11.2. The van der Waals surface area contributed by atoms with Crippen LogP contribution >= 0.6 is 12.6 Å². The Balaban J connectivity index is 2.16. The quantitative estimate of drug-likeness (QED) is 0.843. The highest BCUT2D eigenvalue weighted by Crippen LogP contribution is 2.25. The van der Waals surface area contributed by atoms with Gasteiger partial charge in [0.25, 0.3) is 0 Å². The first-order valence-electron chi connectivity index (χ1n) is 6.16. The first kappa shape index (κ1) is 13.8. The fourth-order valence-corrected chi connectivity index (χ4v) is 2.06. The molecule has 100 valence electrons. The second-order valence-corrected chi connectivity index (χ2v) is 4.97. The normalized spacial score (nSPS) is 10.3. The Bertz CT molecular complexity index is 579. The molecule has 0 unspecified atom stereocenters. The third-order valence-corrected chi connectivity index (χ3v) is 3.64. The predicted molar refractivity (Wildman–Crippen MR) is 80.5 cm³/mol. The summed E-state index contributed by atoms with van der Waals surface area (Å²) in [5, 5.41) is 0. The summed E-state index contributed by atoms with van der Waals surface area (Å²) >= 11 is 4.36. The van der Waals surface area contributed by atoms with Gasteiger partial charge >= 0.3 is 0 Å². The fraction of sp³-hybridized carbons (Fsp3) is 0.250. The molecule has 0 N–H and O–H groups in total. The number of aryl methyl sites for hydroxylation is 2. The molecule has 0 saturated carbocycles. The van der Waals surface area contributed by atoms with Crippen LogP contribution in [0.3, 0.4) is 0 Å². The lowest BCUT2D eigenvalue weighted by molar-refractivity contribution is 0.295. The molecular weight excluding hydrogens is 256 g/mol. The average molecular weight is 274 g/mol. The van der Waals surface area contributed by atoms with Crippen LogP contribution in [0.15, 0.2) is 41.3 Å². The van der Waals surface area contributed by atoms with Gasteiger partial charge in [-0.05, 0) is 49.2 Å². The maximum atomic E-state index is 5.84. The van der Waals surface area contributed by atoms with E-state index in [1.807, 2.05) is 37.3 Å². The molecule has 0 aliphatic rings. The Labute approximate surface area is 119 Å². The molecule has 0 saturated heterocycles. The van der Waals surface area contributed by atoms with Gasteiger partial charge in [0.15, 0.2) is 0 Å². The molecule has 0 aliphatic heterocycles. The van der Waals surface area contributed by atoms with Gasteiger partial charge in [-0.3, -0.25) is 0 Å². The molecule has 2 nitrogen and oxygen atoms in total. The van der Waals surface area contributed by atoms with Gasteiger partial charge in [0.05, 0.1) is 7.11 Å². The van der Waals surface area contributed by atoms with Crippen molar-refractivity contribution in [3.05, 3.63) is 53.1 Å². The summed E-state index contributed by atoms with van der Waals surface area (Å²) in [5.74, 6) is 1.71. The van der Waals surface area contributed by atoms with E-state index in [1.54, 1.807) is 7.11 Å². The SMILES string of the molecule is COc1cccc(C)c1COc1ccc(S)c(C)c1. The smallest absolute Gasteiger partial charge is 0.125 e. The Morgan fingerprint density at radius 1 is 1.05 bits per heavy atom. The van der Waals surface area contributed by atoms with E-state index >= 15 is 0 Å². The van der Waals surface area contributed by atoms with Gasteiger partial charge in [-0.1, -0.05) is 12.1 Å². The molecule has 19 heavy (non-hydrogen) atoms. The van der Waals surface area contributed by atoms with Crippen molar-refractivity contribution in [2.45, 2.75) is 25.3 Å². The van der Waals surface area contributed by atoms with Crippen molar-refractivity contribution in [3.8, 4) is 11.5 Å². The summed E-state index contributed by atoms with van der Waals surface area (Å²) in [5.41, 5.74) is 3.36. The highest BCUT2D eigenvalue weighted by Gasteiger charge is 2.07. The average Bonchev–Trinajstić information content (AvgIpc) is 2.41. The first-order chi connectivity index (χ1) is 9.11. The molecule has 0 amide bonds. The van der Waals surface area contributed by atoms with Crippen molar-refractivity contribution in [1.82, 2.24) is 0 Å². The van der Waals surface area contributed by atoms with Crippen molar-refractivity contribution in [3.63, 3.8) is 0 Å². The van der Waals surface area contributed by atoms with E-state index in [0.29, 0.717) is 6.61 Å². The molecular formula is C16H18O2S. The third kappa shape index (κ3) is 3.24. The van der Waals surface area contributed by atoms with E-state index in [2.05, 4.69) is 25.6 Å². The molecule has 0 aromatic heterocycles. The molecule has 0 bridgehead atoms. The molecule has 0 fully saturated rings. The van der Waals surface area contributed by atoms with Crippen LogP contribution in [0.2, 0.25) is 0 Å². The molecule has 0 heterocycles. The molecule has 2 aromatic carbocycles. The predicted octanol–water partition coefficient (Wildman–Crippen LogP) is 4.18. The van der Waals surface area contributed by atoms with Gasteiger partial charge < -0.3 is 9.47 Å². The van der Waals surface area contributed by atoms with Crippen LogP contribution < -0.4 is 9.47 Å². The van der Waals surface area contributed by atoms with Crippen LogP contribution in [-0.2, 0) is 6.61 Å². The molecule has 0 spiro atoms. The standard InChI is InChI=1S/C16H18O2S/c1-11-5-4-6-15(17-3)14(11)10-18-13-7-8-16(19)12(2)9-13/h4-9,19H,10H2,1-3H3. The highest BCUT2D eigenvalue weighted by molar-refractivity contribution is 7.80. The van der Waals surface area contributed by atoms with Gasteiger partial charge in [0, 0.05) is 10.5 Å². The zero-order valence-electron chi connectivity index (χ0n) is 11.4. The van der Waals surface area contributed by atoms with E-state index < -0.39 is 0 Å². The number of hydrogen-bond acceptors (Lipinski definition) is 3. The zero-order chi connectivity index (χ0) is 13.8. The molecule has 2 aromatic rings. The third-order valence-electron chi connectivity index (χ3n) is 3.14. The van der Waals surface area contributed by atoms with Crippen molar-refractivity contribution in [1.29, 1.82) is 0 Å². The number of hydrogen-bond donors (Lipinski definition) is 1. The highest BCUT2D eigenvalue weighted by atomic mass is 32.1. The van der Waals surface area contributed by atoms with Gasteiger partial charge in [0.1, 0.15) is 18.1 Å². The summed E-state index contributed by atoms with van der Waals surface area (Å²) in [6.07, 6.45) is 0. The van der Waals surface area contributed by atoms with Crippen LogP contribution in [0.1, 0.15) is 16.7 Å². The van der Waals surface area contributed by atoms with Gasteiger partial charge in [-0.2, -0.15) is 0 Å². The Kier molecular flexibility index (Phi) is 4.38. The molecule has 0 atom stereocenters. The number of methoxy groups -OCH3 is 1. The zero-order valence-corrected chi connectivity index (χ0v) is 12.3. The van der Waals surface area contributed by atoms with Crippen molar-refractivity contribution in [2.75, 3.05) is 7.11 Å². The maximum Gasteiger partial charge on any atom is 0.125 e. The topological polar surface area (TPSA) is 18.5 Å². The second kappa shape index (κ2) is 6.02. The van der Waals surface area contributed by atoms with E-state index in [4.69, 9.17) is 9.47 Å². The number of thiol groups is 1. The minimum atomic E-state index is 0.501. The minimum Gasteiger partial charge on any atom is -0.496 e. The van der Waals surface area contributed by atoms with Crippen LogP contribution in [0.4, 0.5) is 0 Å². The summed E-state index contributed by atoms with van der Waals surface area (Å²) in [7, 11) is 1.68. The van der Waals surface area contributed by atoms with Crippen molar-refractivity contribution < 1.29 is 9.47 Å². The van der Waals surface area contributed by atoms with Gasteiger partial charge in [0.2, 0.25) is 0 Å². The Morgan fingerprint density at radius 3 is 2.53 bits per heavy atom. The van der Waals surface area contributed by atoms with Crippen LogP contribution in [0, 0.1) is 13.8 Å². The Morgan fingerprint density at radius 2 is 1.84 bits per heavy atom. The van der Waals surface area contributed by atoms with Crippen LogP contribution in [0.25, 0.3) is 0 Å². The largest absolute Gasteiger partial charge is 0.496 e. The van der Waals surface area contributed by atoms with Crippen molar-refractivity contribution in [2.24, 2.45) is 0 Å². The van der Waals surface area contributed by atoms with Gasteiger partial charge in [-0.15, -0.1) is 12.6 Å². The first-order valence-corrected chi connectivity index (χ1v) is 6.61. The monoisotopic (exact) mass is 274 g/mol. The lowest BCUT2D eigenvalue weighted by Gasteiger charge is -2.13. The van der Waals surface area contributed by atoms with Crippen LogP contribution in [-0.4, -0.2) is 7.11 Å². The van der Waals surface area contributed by atoms with E-state index in [0.717, 1.165) is 27.5 Å². The summed E-state index contributed by atoms with van der Waals surface area (Å²) in [4.78, 5) is 0.973. The lowest BCUT2D eigenvalue weighted by Crippen LogP contribution is -2.01. The van der Waals surface area contributed by atoms with Gasteiger partial charge in [-0.25, -0.2) is 0 Å². The van der Waals surface area contributed by atoms with Crippen LogP contribution in [0.5, 0.6) is 11.5 Å². The summed E-state index contributed by atoms with van der Waals surface area (Å²) in [6, 6.07) is 11.9. The molecule has 3 heteroatoms. The molecule has 2 rings (SSSR count). The minimum absolute atomic E-state index is 0.501. The molecule has 0 aliphatic carbocycles.